The van der Waals surface area contributed by atoms with Crippen molar-refractivity contribution in [3.8, 4) is 12.0 Å². The van der Waals surface area contributed by atoms with Gasteiger partial charge in [-0.1, -0.05) is 0 Å². The highest BCUT2D eigenvalue weighted by Crippen LogP contribution is 2.16. The molecule has 1 heterocycles. The van der Waals surface area contributed by atoms with E-state index in [9.17, 15) is 4.79 Å². The zero-order chi connectivity index (χ0) is 12.4. The number of benzene rings is 1. The van der Waals surface area contributed by atoms with Crippen LogP contribution in [0.4, 0.5) is 0 Å². The van der Waals surface area contributed by atoms with Crippen molar-refractivity contribution in [2.45, 2.75) is 6.92 Å². The van der Waals surface area contributed by atoms with Crippen molar-refractivity contribution in [2.24, 2.45) is 0 Å². The molecule has 0 bridgehead atoms. The Morgan fingerprint density at radius 3 is 2.88 bits per heavy atom. The van der Waals surface area contributed by atoms with Crippen LogP contribution in [0.5, 0.6) is 0 Å². The maximum Gasteiger partial charge on any atom is 0.237 e. The molecule has 0 aliphatic carbocycles. The fourth-order valence-electron chi connectivity index (χ4n) is 1.42. The summed E-state index contributed by atoms with van der Waals surface area (Å²) in [5, 5.41) is 0. The molecule has 0 unspecified atom stereocenters. The summed E-state index contributed by atoms with van der Waals surface area (Å²) in [6.45, 7) is 1.77. The van der Waals surface area contributed by atoms with Gasteiger partial charge in [-0.2, -0.15) is 0 Å². The number of Topliss-reactive ketones (excluding diaryl/α,β-unsaturated/α-hetero) is 1. The molecule has 0 aliphatic heterocycles. The number of carbonyl (C=O) groups excluding carboxylic acids is 1. The van der Waals surface area contributed by atoms with Gasteiger partial charge < -0.3 is 9.32 Å². The summed E-state index contributed by atoms with van der Waals surface area (Å²) in [6.07, 6.45) is 0. The summed E-state index contributed by atoms with van der Waals surface area (Å²) in [4.78, 5) is 17.5. The number of aryl methyl sites for hydroxylation is 1. The molecule has 4 nitrogen and oxygen atoms in total. The van der Waals surface area contributed by atoms with Crippen LogP contribution < -0.4 is 0 Å². The summed E-state index contributed by atoms with van der Waals surface area (Å²) < 4.78 is 5.36. The summed E-state index contributed by atoms with van der Waals surface area (Å²) in [6, 6.07) is 7.82. The van der Waals surface area contributed by atoms with Crippen LogP contribution in [0.3, 0.4) is 0 Å². The van der Waals surface area contributed by atoms with Gasteiger partial charge in [-0.25, -0.2) is 4.98 Å². The van der Waals surface area contributed by atoms with Crippen molar-refractivity contribution in [1.29, 1.82) is 0 Å². The third-order valence-corrected chi connectivity index (χ3v) is 2.15. The molecule has 0 atom stereocenters. The smallest absolute Gasteiger partial charge is 0.237 e. The van der Waals surface area contributed by atoms with Gasteiger partial charge in [0.1, 0.15) is 5.52 Å². The van der Waals surface area contributed by atoms with E-state index in [1.165, 1.54) is 0 Å². The number of carbonyl (C=O) groups is 1. The number of aromatic nitrogens is 1. The molecule has 0 saturated carbocycles. The number of fused-ring (bicyclic) bond motifs is 1. The van der Waals surface area contributed by atoms with E-state index in [1.807, 2.05) is 0 Å². The molecule has 17 heavy (non-hydrogen) atoms. The highest BCUT2D eigenvalue weighted by atomic mass is 16.3. The van der Waals surface area contributed by atoms with Crippen LogP contribution >= 0.6 is 0 Å². The van der Waals surface area contributed by atoms with E-state index in [0.717, 1.165) is 5.52 Å². The second kappa shape index (κ2) is 4.30. The van der Waals surface area contributed by atoms with Crippen molar-refractivity contribution in [3.05, 3.63) is 29.7 Å². The molecular weight excluding hydrogens is 216 g/mol. The van der Waals surface area contributed by atoms with E-state index in [4.69, 9.17) is 4.42 Å². The SMILES string of the molecule is Cc1nc2ccc(C(=O)C#CN(C)C)cc2o1. The molecule has 0 spiro atoms. The van der Waals surface area contributed by atoms with Crippen molar-refractivity contribution >= 4 is 16.9 Å². The Morgan fingerprint density at radius 1 is 1.41 bits per heavy atom. The summed E-state index contributed by atoms with van der Waals surface area (Å²) in [7, 11) is 3.56. The zero-order valence-electron chi connectivity index (χ0n) is 9.94. The Labute approximate surface area is 99.2 Å². The number of rotatable bonds is 1. The Kier molecular flexibility index (Phi) is 2.84. The predicted octanol–water partition coefficient (Wildman–Crippen LogP) is 1.84. The van der Waals surface area contributed by atoms with Crippen LogP contribution in [0.1, 0.15) is 16.2 Å². The topological polar surface area (TPSA) is 46.3 Å². The van der Waals surface area contributed by atoms with E-state index in [0.29, 0.717) is 17.0 Å². The van der Waals surface area contributed by atoms with Gasteiger partial charge in [0, 0.05) is 32.6 Å². The highest BCUT2D eigenvalue weighted by molar-refractivity contribution is 6.10. The van der Waals surface area contributed by atoms with E-state index in [1.54, 1.807) is 44.1 Å². The quantitative estimate of drug-likeness (QED) is 0.424. The van der Waals surface area contributed by atoms with Crippen LogP contribution in [-0.2, 0) is 0 Å². The first kappa shape index (κ1) is 11.2. The lowest BCUT2D eigenvalue weighted by Gasteiger charge is -1.97. The van der Waals surface area contributed by atoms with Crippen molar-refractivity contribution in [1.82, 2.24) is 9.88 Å². The molecular formula is C13H12N2O2. The first-order chi connectivity index (χ1) is 8.06. The molecule has 0 N–H and O–H groups in total. The Hall–Kier alpha value is -2.28. The summed E-state index contributed by atoms with van der Waals surface area (Å²) >= 11 is 0. The van der Waals surface area contributed by atoms with Crippen LogP contribution in [-0.4, -0.2) is 29.8 Å². The van der Waals surface area contributed by atoms with Crippen molar-refractivity contribution in [3.63, 3.8) is 0 Å². The molecule has 4 heteroatoms. The molecule has 2 aromatic rings. The maximum atomic E-state index is 11.7. The van der Waals surface area contributed by atoms with E-state index in [-0.39, 0.29) is 5.78 Å². The minimum Gasteiger partial charge on any atom is -0.441 e. The van der Waals surface area contributed by atoms with Crippen molar-refractivity contribution < 1.29 is 9.21 Å². The highest BCUT2D eigenvalue weighted by Gasteiger charge is 2.07. The lowest BCUT2D eigenvalue weighted by Crippen LogP contribution is -2.03. The van der Waals surface area contributed by atoms with E-state index >= 15 is 0 Å². The second-order valence-corrected chi connectivity index (χ2v) is 3.88. The number of nitrogens with zero attached hydrogens (tertiary/aromatic N) is 2. The molecule has 0 amide bonds. The van der Waals surface area contributed by atoms with Crippen LogP contribution in [0.2, 0.25) is 0 Å². The Balaban J connectivity index is 2.37. The van der Waals surface area contributed by atoms with Gasteiger partial charge in [0.15, 0.2) is 11.5 Å². The van der Waals surface area contributed by atoms with Gasteiger partial charge in [0.2, 0.25) is 5.78 Å². The fraction of sp³-hybridized carbons (Fsp3) is 0.231. The molecule has 0 fully saturated rings. The predicted molar refractivity (Wildman–Crippen MR) is 64.5 cm³/mol. The van der Waals surface area contributed by atoms with Crippen LogP contribution in [0.25, 0.3) is 11.1 Å². The molecule has 0 saturated heterocycles. The van der Waals surface area contributed by atoms with Crippen molar-refractivity contribution in [2.75, 3.05) is 14.1 Å². The Bertz CT molecular complexity index is 630. The minimum atomic E-state index is -0.227. The van der Waals surface area contributed by atoms with Gasteiger partial charge in [-0.3, -0.25) is 4.79 Å². The van der Waals surface area contributed by atoms with Crippen LogP contribution in [0.15, 0.2) is 22.6 Å². The van der Waals surface area contributed by atoms with Gasteiger partial charge in [-0.05, 0) is 24.1 Å². The third-order valence-electron chi connectivity index (χ3n) is 2.15. The summed E-state index contributed by atoms with van der Waals surface area (Å²) in [5.41, 5.74) is 1.88. The van der Waals surface area contributed by atoms with Gasteiger partial charge in [0.25, 0.3) is 0 Å². The molecule has 1 aromatic carbocycles. The lowest BCUT2D eigenvalue weighted by atomic mass is 10.1. The van der Waals surface area contributed by atoms with Gasteiger partial charge in [0.05, 0.1) is 0 Å². The molecule has 86 valence electrons. The second-order valence-electron chi connectivity index (χ2n) is 3.88. The normalized spacial score (nSPS) is 9.82. The Morgan fingerprint density at radius 2 is 2.18 bits per heavy atom. The molecule has 2 rings (SSSR count). The molecule has 0 radical (unpaired) electrons. The van der Waals surface area contributed by atoms with Gasteiger partial charge >= 0.3 is 0 Å². The van der Waals surface area contributed by atoms with E-state index < -0.39 is 0 Å². The third kappa shape index (κ3) is 2.45. The van der Waals surface area contributed by atoms with E-state index in [2.05, 4.69) is 16.9 Å². The number of hydrogen-bond acceptors (Lipinski definition) is 4. The van der Waals surface area contributed by atoms with Crippen LogP contribution in [0, 0.1) is 18.9 Å². The number of hydrogen-bond donors (Lipinski definition) is 0. The average molecular weight is 228 g/mol. The standard InChI is InChI=1S/C13H12N2O2/c1-9-14-11-5-4-10(8-13(11)17-9)12(16)6-7-15(2)3/h4-5,8H,1-3H3. The lowest BCUT2D eigenvalue weighted by molar-refractivity contribution is 0.105. The molecule has 1 aromatic heterocycles. The first-order valence-corrected chi connectivity index (χ1v) is 5.17. The minimum absolute atomic E-state index is 0.227. The zero-order valence-corrected chi connectivity index (χ0v) is 9.94. The summed E-state index contributed by atoms with van der Waals surface area (Å²) in [5.74, 6) is 2.90. The van der Waals surface area contributed by atoms with Gasteiger partial charge in [-0.15, -0.1) is 0 Å². The maximum absolute atomic E-state index is 11.7. The largest absolute Gasteiger partial charge is 0.441 e. The fourth-order valence-corrected chi connectivity index (χ4v) is 1.42. The first-order valence-electron chi connectivity index (χ1n) is 5.17. The number of oxazole rings is 1. The monoisotopic (exact) mass is 228 g/mol. The number of ketones is 1. The molecule has 0 aliphatic rings. The average Bonchev–Trinajstić information content (AvgIpc) is 2.64.